The molecule has 0 aliphatic heterocycles. The van der Waals surface area contributed by atoms with E-state index in [-0.39, 0.29) is 10.8 Å². The third-order valence-corrected chi connectivity index (χ3v) is 10.00. The summed E-state index contributed by atoms with van der Waals surface area (Å²) in [5, 5.41) is 2.69. The molecular formula is C35H40N+. The average molecular weight is 475 g/mol. The van der Waals surface area contributed by atoms with E-state index in [1.807, 2.05) is 0 Å². The first-order valence-electron chi connectivity index (χ1n) is 13.9. The molecule has 1 saturated carbocycles. The van der Waals surface area contributed by atoms with Gasteiger partial charge in [0, 0.05) is 17.7 Å². The van der Waals surface area contributed by atoms with Gasteiger partial charge < -0.3 is 0 Å². The summed E-state index contributed by atoms with van der Waals surface area (Å²) in [4.78, 5) is 0. The number of hydrogen-bond donors (Lipinski definition) is 0. The number of hydrogen-bond acceptors (Lipinski definition) is 0. The van der Waals surface area contributed by atoms with Crippen molar-refractivity contribution in [3.8, 4) is 22.4 Å². The van der Waals surface area contributed by atoms with Gasteiger partial charge in [0.1, 0.15) is 7.05 Å². The molecule has 1 heterocycles. The second-order valence-corrected chi connectivity index (χ2v) is 12.5. The Kier molecular flexibility index (Phi) is 5.41. The van der Waals surface area contributed by atoms with Gasteiger partial charge >= 0.3 is 0 Å². The van der Waals surface area contributed by atoms with Crippen molar-refractivity contribution in [3.63, 3.8) is 0 Å². The molecule has 0 N–H and O–H groups in total. The van der Waals surface area contributed by atoms with Crippen molar-refractivity contribution in [1.29, 1.82) is 0 Å². The van der Waals surface area contributed by atoms with Gasteiger partial charge in [-0.3, -0.25) is 0 Å². The Labute approximate surface area is 217 Å². The molecule has 1 aromatic heterocycles. The number of fused-ring (bicyclic) bond motifs is 5. The normalized spacial score (nSPS) is 18.6. The summed E-state index contributed by atoms with van der Waals surface area (Å²) in [5.41, 5.74) is 11.4. The highest BCUT2D eigenvalue weighted by Gasteiger charge is 2.46. The highest BCUT2D eigenvalue weighted by atomic mass is 14.9. The molecule has 0 unspecified atom stereocenters. The molecule has 0 bridgehead atoms. The quantitative estimate of drug-likeness (QED) is 0.255. The molecule has 3 aromatic carbocycles. The van der Waals surface area contributed by atoms with Crippen LogP contribution in [0.4, 0.5) is 0 Å². The molecule has 1 fully saturated rings. The molecular weight excluding hydrogens is 434 g/mol. The average Bonchev–Trinajstić information content (AvgIpc) is 2.88. The fourth-order valence-corrected chi connectivity index (χ4v) is 7.01. The molecule has 6 rings (SSSR count). The lowest BCUT2D eigenvalue weighted by Gasteiger charge is -2.49. The first-order chi connectivity index (χ1) is 17.2. The van der Waals surface area contributed by atoms with Crippen LogP contribution < -0.4 is 4.57 Å². The van der Waals surface area contributed by atoms with Gasteiger partial charge in [-0.2, -0.15) is 0 Å². The van der Waals surface area contributed by atoms with Crippen LogP contribution in [-0.4, -0.2) is 0 Å². The van der Waals surface area contributed by atoms with Crippen molar-refractivity contribution < 1.29 is 4.57 Å². The monoisotopic (exact) mass is 474 g/mol. The molecule has 1 heteroatoms. The Morgan fingerprint density at radius 1 is 0.750 bits per heavy atom. The lowest BCUT2D eigenvalue weighted by Crippen LogP contribution is -2.43. The lowest BCUT2D eigenvalue weighted by atomic mass is 9.54. The number of aryl methyl sites for hydroxylation is 2. The summed E-state index contributed by atoms with van der Waals surface area (Å²) in [5.74, 6) is 0.709. The van der Waals surface area contributed by atoms with Crippen LogP contribution in [0.15, 0.2) is 66.9 Å². The van der Waals surface area contributed by atoms with Gasteiger partial charge in [0.05, 0.1) is 0 Å². The predicted molar refractivity (Wildman–Crippen MR) is 153 cm³/mol. The Balaban J connectivity index is 1.62. The summed E-state index contributed by atoms with van der Waals surface area (Å²) >= 11 is 0. The minimum absolute atomic E-state index is 0.0210. The zero-order chi connectivity index (χ0) is 25.2. The van der Waals surface area contributed by atoms with Crippen molar-refractivity contribution in [3.05, 3.63) is 89.1 Å². The third kappa shape index (κ3) is 3.39. The van der Waals surface area contributed by atoms with Crippen LogP contribution in [0.2, 0.25) is 0 Å². The molecule has 2 aliphatic carbocycles. The van der Waals surface area contributed by atoms with Gasteiger partial charge in [-0.05, 0) is 86.7 Å². The second kappa shape index (κ2) is 8.30. The lowest BCUT2D eigenvalue weighted by molar-refractivity contribution is -0.660. The first-order valence-corrected chi connectivity index (χ1v) is 13.9. The number of pyridine rings is 1. The van der Waals surface area contributed by atoms with Crippen LogP contribution in [0, 0.1) is 6.92 Å². The summed E-state index contributed by atoms with van der Waals surface area (Å²) in [7, 11) is 2.20. The molecule has 0 saturated heterocycles. The van der Waals surface area contributed by atoms with E-state index in [1.165, 1.54) is 87.5 Å². The predicted octanol–water partition coefficient (Wildman–Crippen LogP) is 8.92. The van der Waals surface area contributed by atoms with Crippen LogP contribution in [0.5, 0.6) is 0 Å². The van der Waals surface area contributed by atoms with E-state index < -0.39 is 0 Å². The van der Waals surface area contributed by atoms with Crippen LogP contribution in [0.1, 0.15) is 88.0 Å². The van der Waals surface area contributed by atoms with E-state index in [2.05, 4.69) is 113 Å². The van der Waals surface area contributed by atoms with E-state index in [1.54, 1.807) is 0 Å². The highest BCUT2D eigenvalue weighted by molar-refractivity contribution is 6.01. The van der Waals surface area contributed by atoms with E-state index in [0.717, 1.165) is 0 Å². The Hall–Kier alpha value is -2.93. The van der Waals surface area contributed by atoms with Crippen molar-refractivity contribution in [2.24, 2.45) is 7.05 Å². The largest absolute Gasteiger partial charge is 0.212 e. The summed E-state index contributed by atoms with van der Waals surface area (Å²) in [6.07, 6.45) is 9.08. The van der Waals surface area contributed by atoms with Gasteiger partial charge in [0.25, 0.3) is 0 Å². The van der Waals surface area contributed by atoms with Crippen LogP contribution in [-0.2, 0) is 17.9 Å². The highest BCUT2D eigenvalue weighted by Crippen LogP contribution is 2.56. The zero-order valence-electron chi connectivity index (χ0n) is 22.9. The van der Waals surface area contributed by atoms with Crippen molar-refractivity contribution >= 4 is 10.8 Å². The Bertz CT molecular complexity index is 1480. The molecule has 36 heavy (non-hydrogen) atoms. The summed E-state index contributed by atoms with van der Waals surface area (Å²) in [6, 6.07) is 23.5. The van der Waals surface area contributed by atoms with Crippen molar-refractivity contribution in [2.45, 2.75) is 83.5 Å². The van der Waals surface area contributed by atoms with E-state index >= 15 is 0 Å². The third-order valence-electron chi connectivity index (χ3n) is 10.00. The summed E-state index contributed by atoms with van der Waals surface area (Å²) < 4.78 is 2.32. The molecule has 184 valence electrons. The van der Waals surface area contributed by atoms with E-state index in [0.29, 0.717) is 5.92 Å². The van der Waals surface area contributed by atoms with Crippen LogP contribution >= 0.6 is 0 Å². The van der Waals surface area contributed by atoms with Crippen molar-refractivity contribution in [2.75, 3.05) is 0 Å². The van der Waals surface area contributed by atoms with E-state index in [9.17, 15) is 0 Å². The van der Waals surface area contributed by atoms with Gasteiger partial charge in [0.2, 0.25) is 5.69 Å². The first kappa shape index (κ1) is 23.5. The smallest absolute Gasteiger partial charge is 0.201 e. The van der Waals surface area contributed by atoms with Gasteiger partial charge in [-0.1, -0.05) is 89.4 Å². The Morgan fingerprint density at radius 2 is 1.47 bits per heavy atom. The standard InChI is InChI=1S/C35H40N/c1-23-20-31-29(22-28(23)32-21-26(18-19-36(32)6)24-12-8-7-9-13-24)33-27-15-11-10-14-25(27)16-17-30(33)34(2,3)35(31,4)5/h10-11,14-22,24H,7-9,12-13H2,1-6H3/q+1. The summed E-state index contributed by atoms with van der Waals surface area (Å²) in [6.45, 7) is 12.0. The Morgan fingerprint density at radius 3 is 2.25 bits per heavy atom. The molecule has 0 spiro atoms. The minimum atomic E-state index is 0.0210. The SMILES string of the molecule is Cc1cc2c(cc1-c1cc(C3CCCCC3)cc[n+]1C)-c1c(ccc3ccccc13)C(C)(C)C2(C)C. The molecule has 1 nitrogen and oxygen atoms in total. The number of rotatable bonds is 2. The van der Waals surface area contributed by atoms with Crippen molar-refractivity contribution in [1.82, 2.24) is 0 Å². The maximum atomic E-state index is 2.52. The topological polar surface area (TPSA) is 3.88 Å². The maximum Gasteiger partial charge on any atom is 0.212 e. The van der Waals surface area contributed by atoms with Crippen LogP contribution in [0.25, 0.3) is 33.2 Å². The second-order valence-electron chi connectivity index (χ2n) is 12.5. The number of benzene rings is 3. The van der Waals surface area contributed by atoms with E-state index in [4.69, 9.17) is 0 Å². The van der Waals surface area contributed by atoms with Gasteiger partial charge in [-0.15, -0.1) is 0 Å². The fraction of sp³-hybridized carbons (Fsp3) is 0.400. The zero-order valence-corrected chi connectivity index (χ0v) is 22.9. The van der Waals surface area contributed by atoms with Crippen LogP contribution in [0.3, 0.4) is 0 Å². The van der Waals surface area contributed by atoms with Gasteiger partial charge in [-0.25, -0.2) is 4.57 Å². The molecule has 4 aromatic rings. The molecule has 2 aliphatic rings. The molecule has 0 radical (unpaired) electrons. The number of aromatic nitrogens is 1. The fourth-order valence-electron chi connectivity index (χ4n) is 7.01. The number of nitrogens with zero attached hydrogens (tertiary/aromatic N) is 1. The minimum Gasteiger partial charge on any atom is -0.201 e. The molecule has 0 amide bonds. The molecule has 0 atom stereocenters. The maximum absolute atomic E-state index is 2.52. The van der Waals surface area contributed by atoms with Gasteiger partial charge in [0.15, 0.2) is 6.20 Å².